The summed E-state index contributed by atoms with van der Waals surface area (Å²) < 4.78 is 30.2. The van der Waals surface area contributed by atoms with Gasteiger partial charge in [0, 0.05) is 0 Å². The van der Waals surface area contributed by atoms with Crippen molar-refractivity contribution in [1.29, 1.82) is 0 Å². The molecule has 0 aromatic heterocycles. The van der Waals surface area contributed by atoms with Gasteiger partial charge in [-0.1, -0.05) is 13.8 Å². The van der Waals surface area contributed by atoms with Gasteiger partial charge in [0.15, 0.2) is 0 Å². The van der Waals surface area contributed by atoms with Crippen molar-refractivity contribution < 1.29 is 18.3 Å². The zero-order valence-corrected chi connectivity index (χ0v) is 9.50. The molecule has 0 aliphatic rings. The van der Waals surface area contributed by atoms with E-state index in [-0.39, 0.29) is 6.61 Å². The van der Waals surface area contributed by atoms with Crippen LogP contribution in [0.25, 0.3) is 0 Å². The minimum Gasteiger partial charge on any atom is -0.462 e. The predicted molar refractivity (Wildman–Crippen MR) is 53.7 cm³/mol. The maximum absolute atomic E-state index is 13.0. The van der Waals surface area contributed by atoms with Crippen LogP contribution in [-0.2, 0) is 9.53 Å². The van der Waals surface area contributed by atoms with Crippen LogP contribution in [0.4, 0.5) is 8.78 Å². The summed E-state index contributed by atoms with van der Waals surface area (Å²) >= 11 is 1.07. The molecule has 0 unspecified atom stereocenters. The smallest absolute Gasteiger partial charge is 0.377 e. The molecule has 0 aliphatic carbocycles. The average molecular weight is 226 g/mol. The van der Waals surface area contributed by atoms with Crippen molar-refractivity contribution in [3.63, 3.8) is 0 Å². The monoisotopic (exact) mass is 226 g/mol. The fraction of sp³-hybridized carbons (Fsp3) is 0.889. The highest BCUT2D eigenvalue weighted by Gasteiger charge is 2.40. The Morgan fingerprint density at radius 2 is 2.07 bits per heavy atom. The molecule has 0 aliphatic heterocycles. The van der Waals surface area contributed by atoms with Crippen LogP contribution in [0.1, 0.15) is 20.8 Å². The summed E-state index contributed by atoms with van der Waals surface area (Å²) in [4.78, 5) is 10.8. The number of esters is 1. The van der Waals surface area contributed by atoms with Crippen LogP contribution in [0.5, 0.6) is 0 Å². The Hall–Kier alpha value is -0.320. The van der Waals surface area contributed by atoms with E-state index in [4.69, 9.17) is 0 Å². The molecule has 0 atom stereocenters. The molecule has 0 fully saturated rings. The van der Waals surface area contributed by atoms with E-state index in [0.29, 0.717) is 11.7 Å². The van der Waals surface area contributed by atoms with Gasteiger partial charge in [-0.2, -0.15) is 20.5 Å². The lowest BCUT2D eigenvalue weighted by Gasteiger charge is -2.14. The first-order valence-corrected chi connectivity index (χ1v) is 5.68. The molecule has 0 rings (SSSR count). The number of halogens is 2. The Morgan fingerprint density at radius 3 is 2.50 bits per heavy atom. The van der Waals surface area contributed by atoms with Gasteiger partial charge in [-0.15, -0.1) is 0 Å². The lowest BCUT2D eigenvalue weighted by atomic mass is 10.3. The Balaban J connectivity index is 3.87. The third-order valence-corrected chi connectivity index (χ3v) is 2.78. The maximum atomic E-state index is 13.0. The molecular weight excluding hydrogens is 210 g/mol. The second-order valence-corrected chi connectivity index (χ2v) is 4.36. The molecule has 0 saturated carbocycles. The van der Waals surface area contributed by atoms with Gasteiger partial charge in [0.1, 0.15) is 0 Å². The van der Waals surface area contributed by atoms with Crippen molar-refractivity contribution in [3.05, 3.63) is 0 Å². The maximum Gasteiger partial charge on any atom is 0.377 e. The number of carbonyl (C=O) groups is 1. The second kappa shape index (κ2) is 6.22. The molecule has 0 radical (unpaired) electrons. The molecule has 14 heavy (non-hydrogen) atoms. The van der Waals surface area contributed by atoms with E-state index >= 15 is 0 Å². The van der Waals surface area contributed by atoms with Crippen molar-refractivity contribution in [1.82, 2.24) is 0 Å². The molecule has 0 amide bonds. The highest BCUT2D eigenvalue weighted by atomic mass is 32.2. The lowest BCUT2D eigenvalue weighted by Crippen LogP contribution is -2.33. The fourth-order valence-corrected chi connectivity index (χ4v) is 1.68. The summed E-state index contributed by atoms with van der Waals surface area (Å²) in [7, 11) is 0. The standard InChI is InChI=1S/C9H16F2O2S/c1-4-13-8(12)9(10,11)6-14-5-7(2)3/h7H,4-6H2,1-3H3. The van der Waals surface area contributed by atoms with Gasteiger partial charge in [-0.3, -0.25) is 0 Å². The minimum absolute atomic E-state index is 0.0106. The highest BCUT2D eigenvalue weighted by Crippen LogP contribution is 2.22. The van der Waals surface area contributed by atoms with Crippen molar-refractivity contribution in [2.24, 2.45) is 5.92 Å². The summed E-state index contributed by atoms with van der Waals surface area (Å²) in [5.41, 5.74) is 0. The number of ether oxygens (including phenoxy) is 1. The number of hydrogen-bond donors (Lipinski definition) is 0. The van der Waals surface area contributed by atoms with Crippen LogP contribution >= 0.6 is 11.8 Å². The normalized spacial score (nSPS) is 11.9. The highest BCUT2D eigenvalue weighted by molar-refractivity contribution is 7.99. The van der Waals surface area contributed by atoms with Crippen LogP contribution in [0.3, 0.4) is 0 Å². The Bertz CT molecular complexity index is 184. The molecule has 2 nitrogen and oxygen atoms in total. The van der Waals surface area contributed by atoms with E-state index in [9.17, 15) is 13.6 Å². The Labute approximate surface area is 87.4 Å². The largest absolute Gasteiger partial charge is 0.462 e. The van der Waals surface area contributed by atoms with E-state index in [1.807, 2.05) is 13.8 Å². The van der Waals surface area contributed by atoms with Crippen LogP contribution in [0.15, 0.2) is 0 Å². The summed E-state index contributed by atoms with van der Waals surface area (Å²) in [6.07, 6.45) is 0. The predicted octanol–water partition coefficient (Wildman–Crippen LogP) is 2.57. The molecule has 0 heterocycles. The number of carbonyl (C=O) groups excluding carboxylic acids is 1. The van der Waals surface area contributed by atoms with Crippen molar-refractivity contribution >= 4 is 17.7 Å². The minimum atomic E-state index is -3.35. The van der Waals surface area contributed by atoms with Crippen molar-refractivity contribution in [3.8, 4) is 0 Å². The molecule has 0 aromatic rings. The topological polar surface area (TPSA) is 26.3 Å². The Morgan fingerprint density at radius 1 is 1.50 bits per heavy atom. The van der Waals surface area contributed by atoms with Gasteiger partial charge >= 0.3 is 11.9 Å². The molecule has 5 heteroatoms. The van der Waals surface area contributed by atoms with E-state index in [1.54, 1.807) is 0 Å². The second-order valence-electron chi connectivity index (χ2n) is 3.33. The van der Waals surface area contributed by atoms with Crippen LogP contribution in [0, 0.1) is 5.92 Å². The molecule has 0 bridgehead atoms. The number of alkyl halides is 2. The summed E-state index contributed by atoms with van der Waals surface area (Å²) in [6.45, 7) is 5.38. The first-order chi connectivity index (χ1) is 6.40. The van der Waals surface area contributed by atoms with E-state index < -0.39 is 17.6 Å². The van der Waals surface area contributed by atoms with E-state index in [2.05, 4.69) is 4.74 Å². The van der Waals surface area contributed by atoms with Gasteiger partial charge in [0.2, 0.25) is 0 Å². The third-order valence-electron chi connectivity index (χ3n) is 1.31. The summed E-state index contributed by atoms with van der Waals surface area (Å²) in [5, 5.41) is 0. The molecule has 84 valence electrons. The average Bonchev–Trinajstić information content (AvgIpc) is 2.03. The van der Waals surface area contributed by atoms with Crippen molar-refractivity contribution in [2.75, 3.05) is 18.1 Å². The summed E-state index contributed by atoms with van der Waals surface area (Å²) in [6, 6.07) is 0. The number of rotatable bonds is 6. The Kier molecular flexibility index (Phi) is 6.08. The SMILES string of the molecule is CCOC(=O)C(F)(F)CSCC(C)C. The van der Waals surface area contributed by atoms with Gasteiger partial charge in [-0.25, -0.2) is 4.79 Å². The first kappa shape index (κ1) is 13.7. The van der Waals surface area contributed by atoms with Crippen molar-refractivity contribution in [2.45, 2.75) is 26.7 Å². The van der Waals surface area contributed by atoms with E-state index in [1.165, 1.54) is 6.92 Å². The molecule has 0 spiro atoms. The van der Waals surface area contributed by atoms with Crippen LogP contribution < -0.4 is 0 Å². The van der Waals surface area contributed by atoms with Gasteiger partial charge in [0.25, 0.3) is 0 Å². The number of thioether (sulfide) groups is 1. The first-order valence-electron chi connectivity index (χ1n) is 4.53. The van der Waals surface area contributed by atoms with Crippen LogP contribution in [0.2, 0.25) is 0 Å². The summed E-state index contributed by atoms with van der Waals surface area (Å²) in [5.74, 6) is -4.30. The number of hydrogen-bond acceptors (Lipinski definition) is 3. The van der Waals surface area contributed by atoms with Gasteiger partial charge in [-0.05, 0) is 18.6 Å². The van der Waals surface area contributed by atoms with Gasteiger partial charge < -0.3 is 4.74 Å². The lowest BCUT2D eigenvalue weighted by molar-refractivity contribution is -0.167. The molecule has 0 saturated heterocycles. The quantitative estimate of drug-likeness (QED) is 0.651. The molecular formula is C9H16F2O2S. The van der Waals surface area contributed by atoms with E-state index in [0.717, 1.165) is 11.8 Å². The zero-order valence-electron chi connectivity index (χ0n) is 8.68. The third kappa shape index (κ3) is 5.42. The fourth-order valence-electron chi connectivity index (χ4n) is 0.718. The van der Waals surface area contributed by atoms with Gasteiger partial charge in [0.05, 0.1) is 12.4 Å². The molecule has 0 aromatic carbocycles. The zero-order chi connectivity index (χ0) is 11.2. The van der Waals surface area contributed by atoms with Crippen LogP contribution in [-0.4, -0.2) is 30.0 Å². The molecule has 0 N–H and O–H groups in total.